The van der Waals surface area contributed by atoms with E-state index in [1.165, 1.54) is 31.3 Å². The van der Waals surface area contributed by atoms with Crippen LogP contribution in [0.4, 0.5) is 0 Å². The minimum atomic E-state index is 0.715. The Kier molecular flexibility index (Phi) is 3.14. The molecule has 0 nitrogen and oxygen atoms in total. The van der Waals surface area contributed by atoms with E-state index in [4.69, 9.17) is 0 Å². The third kappa shape index (κ3) is 2.06. The lowest BCUT2D eigenvalue weighted by Crippen LogP contribution is -1.90. The van der Waals surface area contributed by atoms with Crippen LogP contribution in [-0.4, -0.2) is 0 Å². The number of fused-ring (bicyclic) bond motifs is 4. The molecule has 0 saturated heterocycles. The molecule has 0 aliphatic heterocycles. The molecule has 0 aromatic carbocycles. The van der Waals surface area contributed by atoms with Gasteiger partial charge in [-0.1, -0.05) is 42.5 Å². The van der Waals surface area contributed by atoms with Crippen molar-refractivity contribution in [1.82, 2.24) is 0 Å². The van der Waals surface area contributed by atoms with Crippen LogP contribution in [0, 0.1) is 23.7 Å². The normalized spacial score (nSPS) is 40.3. The van der Waals surface area contributed by atoms with Crippen LogP contribution in [0.5, 0.6) is 0 Å². The Morgan fingerprint density at radius 1 is 1.06 bits per heavy atom. The summed E-state index contributed by atoms with van der Waals surface area (Å²) < 4.78 is 0. The fraction of sp³-hybridized carbons (Fsp3) is 0.500. The third-order valence-corrected chi connectivity index (χ3v) is 4.85. The molecule has 18 heavy (non-hydrogen) atoms. The predicted molar refractivity (Wildman–Crippen MR) is 77.1 cm³/mol. The molecule has 94 valence electrons. The van der Waals surface area contributed by atoms with Gasteiger partial charge in [0.05, 0.1) is 0 Å². The van der Waals surface area contributed by atoms with Crippen molar-refractivity contribution in [2.24, 2.45) is 23.7 Å². The van der Waals surface area contributed by atoms with Gasteiger partial charge in [-0.25, -0.2) is 0 Å². The highest BCUT2D eigenvalue weighted by Crippen LogP contribution is 2.43. The average molecular weight is 238 g/mol. The zero-order valence-electron chi connectivity index (χ0n) is 11.2. The zero-order chi connectivity index (χ0) is 12.5. The van der Waals surface area contributed by atoms with Gasteiger partial charge in [0.2, 0.25) is 0 Å². The number of rotatable bonds is 0. The Balaban J connectivity index is 0.000000111. The molecule has 4 bridgehead atoms. The van der Waals surface area contributed by atoms with Gasteiger partial charge in [-0.15, -0.1) is 5.73 Å². The molecule has 0 N–H and O–H groups in total. The summed E-state index contributed by atoms with van der Waals surface area (Å²) in [6.45, 7) is 5.82. The molecule has 2 fully saturated rings. The molecule has 4 aliphatic carbocycles. The summed E-state index contributed by atoms with van der Waals surface area (Å²) in [7, 11) is 0. The van der Waals surface area contributed by atoms with E-state index in [-0.39, 0.29) is 0 Å². The summed E-state index contributed by atoms with van der Waals surface area (Å²) in [5.41, 5.74) is 6.11. The Hall–Kier alpha value is -1.26. The lowest BCUT2D eigenvalue weighted by molar-refractivity contribution is 0.693. The maximum atomic E-state index is 3.67. The lowest BCUT2D eigenvalue weighted by Gasteiger charge is -2.05. The fourth-order valence-corrected chi connectivity index (χ4v) is 3.81. The monoisotopic (exact) mass is 238 g/mol. The maximum Gasteiger partial charge on any atom is 0.00585 e. The Morgan fingerprint density at radius 3 is 2.00 bits per heavy atom. The molecular weight excluding hydrogens is 216 g/mol. The first-order chi connectivity index (χ1) is 8.80. The van der Waals surface area contributed by atoms with Crippen LogP contribution in [0.15, 0.2) is 53.8 Å². The second-order valence-electron chi connectivity index (χ2n) is 5.95. The fourth-order valence-electron chi connectivity index (χ4n) is 3.81. The number of allylic oxidation sites excluding steroid dienone is 7. The highest BCUT2D eigenvalue weighted by atomic mass is 14.3. The first kappa shape index (κ1) is 11.8. The first-order valence-corrected chi connectivity index (χ1v) is 7.20. The molecule has 0 heterocycles. The van der Waals surface area contributed by atoms with E-state index in [9.17, 15) is 0 Å². The van der Waals surface area contributed by atoms with E-state index >= 15 is 0 Å². The molecule has 4 atom stereocenters. The summed E-state index contributed by atoms with van der Waals surface area (Å²) >= 11 is 0. The minimum absolute atomic E-state index is 0.715. The van der Waals surface area contributed by atoms with Crippen molar-refractivity contribution in [3.05, 3.63) is 53.8 Å². The van der Waals surface area contributed by atoms with E-state index in [0.29, 0.717) is 5.92 Å². The van der Waals surface area contributed by atoms with Gasteiger partial charge in [-0.3, -0.25) is 0 Å². The van der Waals surface area contributed by atoms with Crippen molar-refractivity contribution < 1.29 is 0 Å². The summed E-state index contributed by atoms with van der Waals surface area (Å²) in [6.07, 6.45) is 16.9. The highest BCUT2D eigenvalue weighted by Gasteiger charge is 2.30. The first-order valence-electron chi connectivity index (χ1n) is 7.20. The quantitative estimate of drug-likeness (QED) is 0.419. The van der Waals surface area contributed by atoms with E-state index in [2.05, 4.69) is 49.6 Å². The molecule has 0 heteroatoms. The zero-order valence-corrected chi connectivity index (χ0v) is 11.2. The maximum absolute atomic E-state index is 3.67. The number of hydrogen-bond acceptors (Lipinski definition) is 0. The molecule has 0 spiro atoms. The minimum Gasteiger partial charge on any atom is -0.129 e. The van der Waals surface area contributed by atoms with Crippen LogP contribution in [0.1, 0.15) is 32.6 Å². The molecule has 0 amide bonds. The molecular formula is C18H22. The van der Waals surface area contributed by atoms with Gasteiger partial charge in [-0.2, -0.15) is 0 Å². The third-order valence-electron chi connectivity index (χ3n) is 4.85. The standard InChI is InChI=1S/C9H12.C9H10/c2*1-2-8-5-7-3-4-9(8)6-7/h2-4,7,9H,5-6H2,1H3;3-4,7,9H,1,5-6H2. The van der Waals surface area contributed by atoms with Crippen molar-refractivity contribution in [1.29, 1.82) is 0 Å². The van der Waals surface area contributed by atoms with Gasteiger partial charge in [-0.05, 0) is 55.9 Å². The molecule has 0 aromatic rings. The van der Waals surface area contributed by atoms with Crippen LogP contribution in [-0.2, 0) is 0 Å². The van der Waals surface area contributed by atoms with E-state index in [1.807, 2.05) is 0 Å². The Bertz CT molecular complexity index is 468. The summed E-state index contributed by atoms with van der Waals surface area (Å²) in [6, 6.07) is 0. The van der Waals surface area contributed by atoms with Gasteiger partial charge in [0, 0.05) is 5.92 Å². The second-order valence-corrected chi connectivity index (χ2v) is 5.95. The van der Waals surface area contributed by atoms with Crippen LogP contribution in [0.3, 0.4) is 0 Å². The smallest absolute Gasteiger partial charge is 0.00585 e. The highest BCUT2D eigenvalue weighted by molar-refractivity contribution is 5.27. The lowest BCUT2D eigenvalue weighted by atomic mass is 10.0. The van der Waals surface area contributed by atoms with Gasteiger partial charge in [0.1, 0.15) is 0 Å². The largest absolute Gasteiger partial charge is 0.129 e. The van der Waals surface area contributed by atoms with Crippen LogP contribution < -0.4 is 0 Å². The summed E-state index contributed by atoms with van der Waals surface area (Å²) in [5, 5.41) is 0. The summed E-state index contributed by atoms with van der Waals surface area (Å²) in [5.74, 6) is 3.29. The van der Waals surface area contributed by atoms with Gasteiger partial charge in [0.15, 0.2) is 0 Å². The van der Waals surface area contributed by atoms with E-state index in [0.717, 1.165) is 17.8 Å². The molecule has 4 aliphatic rings. The van der Waals surface area contributed by atoms with Crippen LogP contribution in [0.25, 0.3) is 0 Å². The van der Waals surface area contributed by atoms with Crippen molar-refractivity contribution in [3.8, 4) is 0 Å². The van der Waals surface area contributed by atoms with Crippen molar-refractivity contribution in [2.75, 3.05) is 0 Å². The molecule has 2 saturated carbocycles. The SMILES string of the molecule is C=C=C1CC2C=CC1C2.CC=C1CC2C=CC1C2. The van der Waals surface area contributed by atoms with Gasteiger partial charge in [0.25, 0.3) is 0 Å². The number of hydrogen-bond donors (Lipinski definition) is 0. The molecule has 0 aromatic heterocycles. The topological polar surface area (TPSA) is 0 Å². The predicted octanol–water partition coefficient (Wildman–Crippen LogP) is 4.82. The van der Waals surface area contributed by atoms with Crippen molar-refractivity contribution >= 4 is 0 Å². The second kappa shape index (κ2) is 4.78. The Morgan fingerprint density at radius 2 is 1.72 bits per heavy atom. The molecule has 0 radical (unpaired) electrons. The van der Waals surface area contributed by atoms with Crippen LogP contribution >= 0.6 is 0 Å². The van der Waals surface area contributed by atoms with E-state index in [1.54, 1.807) is 5.57 Å². The Labute approximate surface area is 110 Å². The average Bonchev–Trinajstić information content (AvgIpc) is 3.17. The van der Waals surface area contributed by atoms with Gasteiger partial charge < -0.3 is 0 Å². The van der Waals surface area contributed by atoms with Crippen molar-refractivity contribution in [2.45, 2.75) is 32.6 Å². The molecule has 4 unspecified atom stereocenters. The van der Waals surface area contributed by atoms with Crippen molar-refractivity contribution in [3.63, 3.8) is 0 Å². The van der Waals surface area contributed by atoms with Crippen LogP contribution in [0.2, 0.25) is 0 Å². The molecule has 4 rings (SSSR count). The van der Waals surface area contributed by atoms with E-state index < -0.39 is 0 Å². The van der Waals surface area contributed by atoms with Gasteiger partial charge >= 0.3 is 0 Å². The summed E-state index contributed by atoms with van der Waals surface area (Å²) in [4.78, 5) is 0.